The highest BCUT2D eigenvalue weighted by Crippen LogP contribution is 2.38. The second kappa shape index (κ2) is 12.3. The van der Waals surface area contributed by atoms with Crippen LogP contribution in [0.1, 0.15) is 18.1 Å². The number of hydrogen-bond donors (Lipinski definition) is 1. The largest absolute Gasteiger partial charge is 0.490 e. The lowest BCUT2D eigenvalue weighted by Crippen LogP contribution is -2.13. The first kappa shape index (κ1) is 26.2. The molecule has 1 N–H and O–H groups in total. The van der Waals surface area contributed by atoms with Gasteiger partial charge < -0.3 is 14.8 Å². The number of nitrogens with zero attached hydrogens (tertiary/aromatic N) is 2. The molecule has 0 aromatic heterocycles. The average Bonchev–Trinajstić information content (AvgIpc) is 2.83. The number of nitro groups is 1. The Balaban J connectivity index is 1.84. The lowest BCUT2D eigenvalue weighted by atomic mass is 10.1. The van der Waals surface area contributed by atoms with Crippen LogP contribution in [0.4, 0.5) is 11.4 Å². The molecular weight excluding hydrogens is 629 g/mol. The first-order valence-electron chi connectivity index (χ1n) is 10.3. The number of anilines is 1. The number of hydrogen-bond acceptors (Lipinski definition) is 6. The van der Waals surface area contributed by atoms with Crippen molar-refractivity contribution in [3.05, 3.63) is 95.5 Å². The Morgan fingerprint density at radius 1 is 1.20 bits per heavy atom. The molecule has 8 nitrogen and oxygen atoms in total. The van der Waals surface area contributed by atoms with E-state index >= 15 is 0 Å². The van der Waals surface area contributed by atoms with Gasteiger partial charge >= 0.3 is 0 Å². The summed E-state index contributed by atoms with van der Waals surface area (Å²) in [6.07, 6.45) is 1.41. The molecule has 35 heavy (non-hydrogen) atoms. The number of benzene rings is 3. The standard InChI is InChI=1S/C25H19BrIN3O5/c1-2-34-23-12-17(11-22(26)24(23)35-15-16-6-8-19(27)9-7-16)10-18(14-28)25(31)29-20-4-3-5-21(13-20)30(32)33/h3-13H,2,15H2,1H3,(H,29,31)/b18-10+. The molecule has 0 aliphatic rings. The van der Waals surface area contributed by atoms with Gasteiger partial charge in [0.1, 0.15) is 18.2 Å². The van der Waals surface area contributed by atoms with E-state index in [9.17, 15) is 20.2 Å². The third kappa shape index (κ3) is 7.27. The zero-order valence-electron chi connectivity index (χ0n) is 18.5. The number of amides is 1. The number of carbonyl (C=O) groups excluding carboxylic acids is 1. The van der Waals surface area contributed by atoms with E-state index < -0.39 is 10.8 Å². The highest BCUT2D eigenvalue weighted by atomic mass is 127. The van der Waals surface area contributed by atoms with E-state index in [0.717, 1.165) is 9.13 Å². The quantitative estimate of drug-likeness (QED) is 0.0934. The number of nitro benzene ring substituents is 1. The van der Waals surface area contributed by atoms with Gasteiger partial charge in [-0.05, 0) is 93.0 Å². The Bertz CT molecular complexity index is 1320. The molecule has 0 radical (unpaired) electrons. The van der Waals surface area contributed by atoms with Crippen LogP contribution in [0.5, 0.6) is 11.5 Å². The van der Waals surface area contributed by atoms with Crippen molar-refractivity contribution < 1.29 is 19.2 Å². The normalized spacial score (nSPS) is 10.9. The Morgan fingerprint density at radius 2 is 1.94 bits per heavy atom. The smallest absolute Gasteiger partial charge is 0.271 e. The minimum absolute atomic E-state index is 0.170. The molecule has 178 valence electrons. The summed E-state index contributed by atoms with van der Waals surface area (Å²) >= 11 is 5.73. The van der Waals surface area contributed by atoms with E-state index in [1.54, 1.807) is 12.1 Å². The van der Waals surface area contributed by atoms with Crippen LogP contribution in [-0.2, 0) is 11.4 Å². The summed E-state index contributed by atoms with van der Waals surface area (Å²) in [6.45, 7) is 2.56. The van der Waals surface area contributed by atoms with Crippen LogP contribution in [0.2, 0.25) is 0 Å². The summed E-state index contributed by atoms with van der Waals surface area (Å²) in [7, 11) is 0. The van der Waals surface area contributed by atoms with E-state index in [4.69, 9.17) is 9.47 Å². The first-order valence-corrected chi connectivity index (χ1v) is 12.2. The van der Waals surface area contributed by atoms with Gasteiger partial charge in [-0.15, -0.1) is 0 Å². The van der Waals surface area contributed by atoms with Crippen molar-refractivity contribution in [1.29, 1.82) is 5.26 Å². The molecule has 0 bridgehead atoms. The van der Waals surface area contributed by atoms with Crippen LogP contribution >= 0.6 is 38.5 Å². The minimum Gasteiger partial charge on any atom is -0.490 e. The van der Waals surface area contributed by atoms with Gasteiger partial charge in [0.05, 0.1) is 16.0 Å². The van der Waals surface area contributed by atoms with Crippen LogP contribution in [0.25, 0.3) is 6.08 Å². The average molecular weight is 648 g/mol. The molecule has 0 spiro atoms. The lowest BCUT2D eigenvalue weighted by Gasteiger charge is -2.15. The first-order chi connectivity index (χ1) is 16.8. The fourth-order valence-corrected chi connectivity index (χ4v) is 3.96. The van der Waals surface area contributed by atoms with Crippen molar-refractivity contribution in [3.63, 3.8) is 0 Å². The van der Waals surface area contributed by atoms with Crippen molar-refractivity contribution in [2.45, 2.75) is 13.5 Å². The lowest BCUT2D eigenvalue weighted by molar-refractivity contribution is -0.384. The Hall–Kier alpha value is -3.43. The van der Waals surface area contributed by atoms with E-state index in [2.05, 4.69) is 43.8 Å². The summed E-state index contributed by atoms with van der Waals surface area (Å²) in [5.74, 6) is 0.262. The van der Waals surface area contributed by atoms with Gasteiger partial charge in [0.15, 0.2) is 11.5 Å². The fourth-order valence-electron chi connectivity index (χ4n) is 3.02. The molecule has 3 aromatic rings. The number of carbonyl (C=O) groups is 1. The number of nitriles is 1. The predicted octanol–water partition coefficient (Wildman–Crippen LogP) is 6.49. The molecule has 0 fully saturated rings. The van der Waals surface area contributed by atoms with Gasteiger partial charge in [0.25, 0.3) is 11.6 Å². The molecule has 0 unspecified atom stereocenters. The topological polar surface area (TPSA) is 114 Å². The second-order valence-corrected chi connectivity index (χ2v) is 9.21. The molecule has 0 heterocycles. The van der Waals surface area contributed by atoms with E-state index in [0.29, 0.717) is 34.7 Å². The number of rotatable bonds is 9. The monoisotopic (exact) mass is 647 g/mol. The van der Waals surface area contributed by atoms with Gasteiger partial charge in [-0.2, -0.15) is 5.26 Å². The van der Waals surface area contributed by atoms with E-state index in [1.165, 1.54) is 30.3 Å². The molecule has 0 aliphatic heterocycles. The molecule has 3 rings (SSSR count). The van der Waals surface area contributed by atoms with E-state index in [1.807, 2.05) is 37.3 Å². The minimum atomic E-state index is -0.693. The van der Waals surface area contributed by atoms with Crippen molar-refractivity contribution in [2.75, 3.05) is 11.9 Å². The van der Waals surface area contributed by atoms with Crippen molar-refractivity contribution in [1.82, 2.24) is 0 Å². The Labute approximate surface area is 224 Å². The fraction of sp³-hybridized carbons (Fsp3) is 0.120. The molecule has 0 aliphatic carbocycles. The third-order valence-electron chi connectivity index (χ3n) is 4.62. The highest BCUT2D eigenvalue weighted by Gasteiger charge is 2.16. The van der Waals surface area contributed by atoms with Gasteiger partial charge in [0.2, 0.25) is 0 Å². The second-order valence-electron chi connectivity index (χ2n) is 7.11. The van der Waals surface area contributed by atoms with Crippen LogP contribution in [-0.4, -0.2) is 17.4 Å². The Morgan fingerprint density at radius 3 is 2.60 bits per heavy atom. The Kier molecular flexibility index (Phi) is 9.22. The van der Waals surface area contributed by atoms with Gasteiger partial charge in [-0.1, -0.05) is 18.2 Å². The van der Waals surface area contributed by atoms with Crippen LogP contribution < -0.4 is 14.8 Å². The summed E-state index contributed by atoms with van der Waals surface area (Å²) in [5.41, 5.74) is 1.39. The number of nitrogens with one attached hydrogen (secondary N) is 1. The molecule has 10 heteroatoms. The van der Waals surface area contributed by atoms with Crippen LogP contribution in [0, 0.1) is 25.0 Å². The predicted molar refractivity (Wildman–Crippen MR) is 144 cm³/mol. The maximum absolute atomic E-state index is 12.6. The van der Waals surface area contributed by atoms with Crippen LogP contribution in [0.3, 0.4) is 0 Å². The SMILES string of the molecule is CCOc1cc(/C=C(\C#N)C(=O)Nc2cccc([N+](=O)[O-])c2)cc(Br)c1OCc1ccc(I)cc1. The van der Waals surface area contributed by atoms with Crippen molar-refractivity contribution in [2.24, 2.45) is 0 Å². The maximum atomic E-state index is 12.6. The summed E-state index contributed by atoms with van der Waals surface area (Å²) in [4.78, 5) is 23.0. The molecule has 3 aromatic carbocycles. The highest BCUT2D eigenvalue weighted by molar-refractivity contribution is 14.1. The zero-order chi connectivity index (χ0) is 25.4. The summed E-state index contributed by atoms with van der Waals surface area (Å²) < 4.78 is 13.5. The molecule has 1 amide bonds. The molecule has 0 saturated heterocycles. The van der Waals surface area contributed by atoms with Gasteiger partial charge in [0, 0.05) is 21.4 Å². The molecular formula is C25H19BrIN3O5. The van der Waals surface area contributed by atoms with E-state index in [-0.39, 0.29) is 16.9 Å². The number of non-ortho nitro benzene ring substituents is 1. The number of ether oxygens (including phenoxy) is 2. The van der Waals surface area contributed by atoms with Gasteiger partial charge in [-0.3, -0.25) is 14.9 Å². The van der Waals surface area contributed by atoms with Crippen molar-refractivity contribution >= 4 is 61.9 Å². The van der Waals surface area contributed by atoms with Gasteiger partial charge in [-0.25, -0.2) is 0 Å². The maximum Gasteiger partial charge on any atom is 0.271 e. The third-order valence-corrected chi connectivity index (χ3v) is 5.93. The molecule has 0 saturated carbocycles. The molecule has 0 atom stereocenters. The summed E-state index contributed by atoms with van der Waals surface area (Å²) in [5, 5.41) is 23.0. The summed E-state index contributed by atoms with van der Waals surface area (Å²) in [6, 6.07) is 18.7. The van der Waals surface area contributed by atoms with Crippen LogP contribution in [0.15, 0.2) is 70.7 Å². The zero-order valence-corrected chi connectivity index (χ0v) is 22.2. The van der Waals surface area contributed by atoms with Crippen molar-refractivity contribution in [3.8, 4) is 17.6 Å². The number of halogens is 2.